The van der Waals surface area contributed by atoms with Gasteiger partial charge in [-0.25, -0.2) is 13.8 Å². The molecule has 0 aliphatic carbocycles. The smallest absolute Gasteiger partial charge is 0.258 e. The summed E-state index contributed by atoms with van der Waals surface area (Å²) in [7, 11) is 0. The highest BCUT2D eigenvalue weighted by molar-refractivity contribution is 7.13. The van der Waals surface area contributed by atoms with Crippen LogP contribution in [0.3, 0.4) is 0 Å². The van der Waals surface area contributed by atoms with Crippen LogP contribution in [0.5, 0.6) is 0 Å². The lowest BCUT2D eigenvalue weighted by atomic mass is 9.76. The maximum atomic E-state index is 14.1. The number of ether oxygens (including phenoxy) is 6. The molecule has 91 heavy (non-hydrogen) atoms. The number of anilines is 3. The molecule has 9 rings (SSSR count). The fourth-order valence-electron chi connectivity index (χ4n) is 11.7. The molecule has 0 saturated carbocycles. The molecular weight excluding hydrogens is 1190 g/mol. The summed E-state index contributed by atoms with van der Waals surface area (Å²) in [5, 5.41) is 25.2. The summed E-state index contributed by atoms with van der Waals surface area (Å²) < 4.78 is 61.7. The number of hydrogen-bond donors (Lipinski definition) is 4. The summed E-state index contributed by atoms with van der Waals surface area (Å²) in [5.74, 6) is -2.46. The Kier molecular flexibility index (Phi) is 25.1. The number of aromatic nitrogens is 3. The molecule has 23 heteroatoms. The Hall–Kier alpha value is -7.09. The number of hydrogen-bond acceptors (Lipinski definition) is 17. The summed E-state index contributed by atoms with van der Waals surface area (Å²) in [4.78, 5) is 79.1. The van der Waals surface area contributed by atoms with Gasteiger partial charge in [0, 0.05) is 106 Å². The lowest BCUT2D eigenvalue weighted by molar-refractivity contribution is -0.146. The maximum absolute atomic E-state index is 14.1. The van der Waals surface area contributed by atoms with Crippen LogP contribution in [0.1, 0.15) is 98.5 Å². The second-order valence-corrected chi connectivity index (χ2v) is 25.4. The van der Waals surface area contributed by atoms with E-state index in [1.165, 1.54) is 17.0 Å². The fraction of sp³-hybridized carbons (Fsp3) is 0.515. The lowest BCUT2D eigenvalue weighted by Crippen LogP contribution is -2.49. The van der Waals surface area contributed by atoms with E-state index in [0.717, 1.165) is 51.9 Å². The number of benzene rings is 4. The third kappa shape index (κ3) is 20.0. The van der Waals surface area contributed by atoms with E-state index < -0.39 is 35.1 Å². The number of aliphatic hydroxyl groups excluding tert-OH is 1. The van der Waals surface area contributed by atoms with Gasteiger partial charge in [0.15, 0.2) is 11.6 Å². The standard InChI is InChI=1S/C68H86F2N8O12S/c1-45-64(91-44-71-45)49-9-5-46(6-10-49)8-14-62(81)61-42-55(80)43-78(61)67(84)58(68(2,3)4)41-54(79)17-25-86-27-29-88-31-33-90-34-32-89-30-28-87-26-18-63(82)77-21-19-76(20-22-77)53-11-12-56(60(40-53)72-52-15-23-85-24-16-52)66(83)73-65-57-38-47(7-13-59(57)74-75-65)35-48-36-50(69)39-51(70)37-48/h5-7,9-13,36-40,44,52,55,58,61,72,80H,8,14-35,41-43H2,1-4H3,(H2,73,74,75,83)/t55-,58-,61+/m1/s1. The monoisotopic (exact) mass is 1280 g/mol. The van der Waals surface area contributed by atoms with Crippen LogP contribution in [0.4, 0.5) is 26.0 Å². The van der Waals surface area contributed by atoms with Crippen molar-refractivity contribution < 1.29 is 66.3 Å². The SMILES string of the molecule is Cc1ncsc1-c1ccc(CCC(=O)[C@@H]2C[C@@H](O)CN2C(=O)[C@@H](CC(=O)CCOCCOCCOCCOCCOCCC(=O)N2CCN(c3ccc(C(=O)Nc4n[nH]c5ccc(Cc6cc(F)cc(F)c6)cc45)c(NC4CCOCC4)c3)CC2)C(C)(C)C)cc1. The minimum absolute atomic E-state index is 0.00846. The molecule has 2 aromatic heterocycles. The predicted octanol–water partition coefficient (Wildman–Crippen LogP) is 9.00. The van der Waals surface area contributed by atoms with E-state index in [1.807, 2.05) is 92.7 Å². The first-order valence-electron chi connectivity index (χ1n) is 31.6. The summed E-state index contributed by atoms with van der Waals surface area (Å²) >= 11 is 1.59. The van der Waals surface area contributed by atoms with Crippen molar-refractivity contribution >= 4 is 68.7 Å². The number of nitrogens with zero attached hydrogens (tertiary/aromatic N) is 5. The Bertz CT molecular complexity index is 3360. The molecule has 0 spiro atoms. The molecule has 4 aromatic carbocycles. The molecule has 4 N–H and O–H groups in total. The second kappa shape index (κ2) is 33.5. The molecule has 20 nitrogen and oxygen atoms in total. The Morgan fingerprint density at radius 3 is 2.03 bits per heavy atom. The molecule has 3 fully saturated rings. The van der Waals surface area contributed by atoms with Gasteiger partial charge in [0.25, 0.3) is 5.91 Å². The highest BCUT2D eigenvalue weighted by Crippen LogP contribution is 2.35. The Morgan fingerprint density at radius 2 is 1.40 bits per heavy atom. The van der Waals surface area contributed by atoms with Crippen LogP contribution in [0.15, 0.2) is 84.4 Å². The van der Waals surface area contributed by atoms with Gasteiger partial charge >= 0.3 is 0 Å². The van der Waals surface area contributed by atoms with Gasteiger partial charge in [0.1, 0.15) is 17.4 Å². The molecular formula is C68H86F2N8O12S. The molecule has 3 aliphatic heterocycles. The number of nitrogens with one attached hydrogen (secondary N) is 3. The van der Waals surface area contributed by atoms with Crippen molar-refractivity contribution in [2.24, 2.45) is 11.3 Å². The van der Waals surface area contributed by atoms with Crippen LogP contribution in [-0.2, 0) is 60.4 Å². The van der Waals surface area contributed by atoms with Crippen LogP contribution in [0.25, 0.3) is 21.3 Å². The van der Waals surface area contributed by atoms with E-state index in [4.69, 9.17) is 28.4 Å². The van der Waals surface area contributed by atoms with Gasteiger partial charge in [-0.2, -0.15) is 5.10 Å². The number of ketones is 2. The number of β-amino-alcohol motifs (C(OH)–C–C–N with tert-alkyl or cyclic N) is 1. The molecule has 490 valence electrons. The summed E-state index contributed by atoms with van der Waals surface area (Å²) in [5.41, 5.74) is 8.35. The van der Waals surface area contributed by atoms with E-state index >= 15 is 0 Å². The number of amides is 3. The minimum Gasteiger partial charge on any atom is -0.391 e. The number of carbonyl (C=O) groups is 5. The number of H-pyrrole nitrogens is 1. The van der Waals surface area contributed by atoms with Crippen molar-refractivity contribution in [3.05, 3.63) is 124 Å². The van der Waals surface area contributed by atoms with Gasteiger partial charge in [-0.15, -0.1) is 11.3 Å². The number of halogens is 2. The van der Waals surface area contributed by atoms with Crippen LogP contribution in [0.2, 0.25) is 0 Å². The average Bonchev–Trinajstić information content (AvgIpc) is 2.51. The number of Topliss-reactive ketones (excluding diaryl/α,β-unsaturated/α-hetero) is 2. The van der Waals surface area contributed by atoms with Crippen LogP contribution >= 0.6 is 11.3 Å². The van der Waals surface area contributed by atoms with Crippen molar-refractivity contribution in [2.75, 3.05) is 128 Å². The van der Waals surface area contributed by atoms with E-state index in [9.17, 15) is 37.9 Å². The molecule has 0 unspecified atom stereocenters. The molecule has 0 radical (unpaired) electrons. The number of piperazine rings is 1. The van der Waals surface area contributed by atoms with E-state index in [-0.39, 0.29) is 93.8 Å². The minimum atomic E-state index is -0.811. The van der Waals surface area contributed by atoms with Gasteiger partial charge < -0.3 is 58.9 Å². The van der Waals surface area contributed by atoms with Gasteiger partial charge in [0.2, 0.25) is 11.8 Å². The zero-order valence-corrected chi connectivity index (χ0v) is 53.4. The fourth-order valence-corrected chi connectivity index (χ4v) is 12.5. The Balaban J connectivity index is 0.597. The Morgan fingerprint density at radius 1 is 0.758 bits per heavy atom. The first-order valence-corrected chi connectivity index (χ1v) is 32.5. The largest absolute Gasteiger partial charge is 0.391 e. The van der Waals surface area contributed by atoms with Crippen molar-refractivity contribution in [1.29, 1.82) is 0 Å². The normalized spacial score (nSPS) is 16.8. The lowest BCUT2D eigenvalue weighted by Gasteiger charge is -2.36. The number of likely N-dealkylation sites (tertiary alicyclic amines) is 1. The first kappa shape index (κ1) is 68.3. The summed E-state index contributed by atoms with van der Waals surface area (Å²) in [6, 6.07) is 22.1. The first-order chi connectivity index (χ1) is 43.9. The van der Waals surface area contributed by atoms with Crippen molar-refractivity contribution in [3.63, 3.8) is 0 Å². The van der Waals surface area contributed by atoms with Crippen LogP contribution in [0, 0.1) is 29.9 Å². The Labute approximate surface area is 534 Å². The van der Waals surface area contributed by atoms with Gasteiger partial charge in [-0.05, 0) is 103 Å². The molecule has 6 aromatic rings. The maximum Gasteiger partial charge on any atom is 0.258 e. The third-order valence-corrected chi connectivity index (χ3v) is 17.8. The molecule has 3 atom stereocenters. The number of fused-ring (bicyclic) bond motifs is 1. The van der Waals surface area contributed by atoms with Gasteiger partial charge in [0.05, 0.1) is 112 Å². The summed E-state index contributed by atoms with van der Waals surface area (Å²) in [6.45, 7) is 14.5. The van der Waals surface area contributed by atoms with Crippen LogP contribution < -0.4 is 15.5 Å². The molecule has 0 bridgehead atoms. The predicted molar refractivity (Wildman–Crippen MR) is 344 cm³/mol. The molecule has 5 heterocycles. The van der Waals surface area contributed by atoms with Gasteiger partial charge in [-0.1, -0.05) is 51.1 Å². The van der Waals surface area contributed by atoms with E-state index in [2.05, 4.69) is 30.7 Å². The van der Waals surface area contributed by atoms with Gasteiger partial charge in [-0.3, -0.25) is 29.1 Å². The summed E-state index contributed by atoms with van der Waals surface area (Å²) in [6.07, 6.45) is 2.38. The third-order valence-electron chi connectivity index (χ3n) is 16.8. The second-order valence-electron chi connectivity index (χ2n) is 24.5. The van der Waals surface area contributed by atoms with Crippen LogP contribution in [-0.4, -0.2) is 190 Å². The number of aromatic amines is 1. The molecule has 3 saturated heterocycles. The van der Waals surface area contributed by atoms with Crippen molar-refractivity contribution in [1.82, 2.24) is 25.0 Å². The van der Waals surface area contributed by atoms with Crippen molar-refractivity contribution in [2.45, 2.75) is 104 Å². The van der Waals surface area contributed by atoms with Crippen molar-refractivity contribution in [3.8, 4) is 10.4 Å². The highest BCUT2D eigenvalue weighted by atomic mass is 32.1. The average molecular weight is 1280 g/mol. The number of rotatable bonds is 33. The zero-order valence-electron chi connectivity index (χ0n) is 52.6. The highest BCUT2D eigenvalue weighted by Gasteiger charge is 2.44. The zero-order chi connectivity index (χ0) is 64.3. The topological polar surface area (TPSA) is 236 Å². The number of aliphatic hydroxyl groups is 1. The molecule has 3 aliphatic rings. The van der Waals surface area contributed by atoms with E-state index in [1.54, 1.807) is 17.4 Å². The number of aryl methyl sites for hydroxylation is 2. The number of thiazole rings is 1. The number of carbonyl (C=O) groups excluding carboxylic acids is 5. The molecule has 3 amide bonds. The quantitative estimate of drug-likeness (QED) is 0.0281. The van der Waals surface area contributed by atoms with E-state index in [0.29, 0.717) is 132 Å².